The summed E-state index contributed by atoms with van der Waals surface area (Å²) in [5, 5.41) is 38.8. The molecule has 0 saturated heterocycles. The summed E-state index contributed by atoms with van der Waals surface area (Å²) in [6, 6.07) is 9.55. The van der Waals surface area contributed by atoms with Crippen LogP contribution in [0.2, 0.25) is 0 Å². The molecule has 1 aromatic heterocycles. The zero-order chi connectivity index (χ0) is 22.3. The van der Waals surface area contributed by atoms with Gasteiger partial charge in [-0.2, -0.15) is 5.26 Å². The van der Waals surface area contributed by atoms with Gasteiger partial charge in [-0.05, 0) is 30.9 Å². The standard InChI is InChI=1S/C21H25N5O4/c1-4-8-16(12-22)15(5-2)13-25-19(27)11-14(3)20(21(25)28)24-23-17-9-6-7-10-18(17)26(29)30/h6-7,9-11,15-16,27H,4-5,8,13H2,1-3H3. The van der Waals surface area contributed by atoms with Crippen LogP contribution in [0, 0.1) is 40.2 Å². The largest absolute Gasteiger partial charge is 0.494 e. The molecule has 0 bridgehead atoms. The second-order valence-electron chi connectivity index (χ2n) is 7.09. The van der Waals surface area contributed by atoms with Gasteiger partial charge in [0, 0.05) is 18.7 Å². The van der Waals surface area contributed by atoms with E-state index in [4.69, 9.17) is 0 Å². The first kappa shape index (κ1) is 22.7. The van der Waals surface area contributed by atoms with Crippen LogP contribution >= 0.6 is 0 Å². The fraction of sp³-hybridized carbons (Fsp3) is 0.429. The Morgan fingerprint density at radius 3 is 2.60 bits per heavy atom. The normalized spacial score (nSPS) is 13.1. The molecule has 2 unspecified atom stereocenters. The molecule has 9 heteroatoms. The summed E-state index contributed by atoms with van der Waals surface area (Å²) in [6.07, 6.45) is 2.23. The molecule has 0 aliphatic heterocycles. The number of aryl methyl sites for hydroxylation is 1. The number of nitro groups is 1. The first-order chi connectivity index (χ1) is 14.3. The van der Waals surface area contributed by atoms with Crippen molar-refractivity contribution in [1.29, 1.82) is 5.26 Å². The van der Waals surface area contributed by atoms with Gasteiger partial charge in [0.2, 0.25) is 0 Å². The molecule has 1 aromatic carbocycles. The minimum absolute atomic E-state index is 0.00944. The molecular formula is C21H25N5O4. The van der Waals surface area contributed by atoms with Crippen molar-refractivity contribution in [3.63, 3.8) is 0 Å². The molecule has 1 heterocycles. The third-order valence-electron chi connectivity index (χ3n) is 5.06. The van der Waals surface area contributed by atoms with E-state index in [1.54, 1.807) is 13.0 Å². The van der Waals surface area contributed by atoms with Gasteiger partial charge in [-0.25, -0.2) is 0 Å². The summed E-state index contributed by atoms with van der Waals surface area (Å²) in [6.45, 7) is 5.71. The van der Waals surface area contributed by atoms with Crippen molar-refractivity contribution in [2.75, 3.05) is 0 Å². The van der Waals surface area contributed by atoms with E-state index in [9.17, 15) is 25.3 Å². The zero-order valence-corrected chi connectivity index (χ0v) is 17.3. The van der Waals surface area contributed by atoms with E-state index in [0.29, 0.717) is 18.4 Å². The molecule has 2 rings (SSSR count). The minimum Gasteiger partial charge on any atom is -0.494 e. The number of aromatic hydroxyl groups is 1. The summed E-state index contributed by atoms with van der Waals surface area (Å²) in [4.78, 5) is 23.6. The predicted octanol–water partition coefficient (Wildman–Crippen LogP) is 5.15. The van der Waals surface area contributed by atoms with E-state index in [1.807, 2.05) is 13.8 Å². The Labute approximate surface area is 174 Å². The van der Waals surface area contributed by atoms with E-state index >= 15 is 0 Å². The maximum atomic E-state index is 13.0. The Morgan fingerprint density at radius 2 is 2.00 bits per heavy atom. The molecule has 0 radical (unpaired) electrons. The van der Waals surface area contributed by atoms with E-state index in [1.165, 1.54) is 28.8 Å². The molecule has 0 saturated carbocycles. The van der Waals surface area contributed by atoms with Crippen molar-refractivity contribution in [2.24, 2.45) is 22.1 Å². The molecular weight excluding hydrogens is 386 g/mol. The highest BCUT2D eigenvalue weighted by molar-refractivity contribution is 5.57. The lowest BCUT2D eigenvalue weighted by molar-refractivity contribution is -0.384. The molecule has 158 valence electrons. The van der Waals surface area contributed by atoms with Gasteiger partial charge in [0.25, 0.3) is 11.2 Å². The average molecular weight is 411 g/mol. The highest BCUT2D eigenvalue weighted by atomic mass is 16.6. The zero-order valence-electron chi connectivity index (χ0n) is 17.3. The number of benzene rings is 1. The molecule has 9 nitrogen and oxygen atoms in total. The number of hydrogen-bond donors (Lipinski definition) is 1. The number of nitro benzene ring substituents is 1. The molecule has 0 amide bonds. The first-order valence-corrected chi connectivity index (χ1v) is 9.82. The quantitative estimate of drug-likeness (QED) is 0.346. The fourth-order valence-corrected chi connectivity index (χ4v) is 3.34. The third kappa shape index (κ3) is 5.08. The van der Waals surface area contributed by atoms with Gasteiger partial charge in [-0.3, -0.25) is 19.5 Å². The maximum Gasteiger partial charge on any atom is 0.296 e. The highest BCUT2D eigenvalue weighted by Crippen LogP contribution is 2.29. The number of pyridine rings is 1. The topological polar surface area (TPSA) is 134 Å². The van der Waals surface area contributed by atoms with Gasteiger partial charge >= 0.3 is 0 Å². The van der Waals surface area contributed by atoms with Crippen LogP contribution in [0.3, 0.4) is 0 Å². The summed E-state index contributed by atoms with van der Waals surface area (Å²) in [5.74, 6) is -0.556. The van der Waals surface area contributed by atoms with Crippen LogP contribution in [0.4, 0.5) is 17.1 Å². The second-order valence-corrected chi connectivity index (χ2v) is 7.09. The fourth-order valence-electron chi connectivity index (χ4n) is 3.34. The van der Waals surface area contributed by atoms with E-state index < -0.39 is 10.5 Å². The van der Waals surface area contributed by atoms with Crippen LogP contribution in [0.25, 0.3) is 0 Å². The Hall–Kier alpha value is -3.54. The van der Waals surface area contributed by atoms with Crippen molar-refractivity contribution in [3.05, 3.63) is 56.4 Å². The monoisotopic (exact) mass is 411 g/mol. The second kappa shape index (κ2) is 10.3. The Morgan fingerprint density at radius 1 is 1.30 bits per heavy atom. The number of para-hydroxylation sites is 1. The lowest BCUT2D eigenvalue weighted by Crippen LogP contribution is -2.27. The summed E-state index contributed by atoms with van der Waals surface area (Å²) in [7, 11) is 0. The van der Waals surface area contributed by atoms with Crippen LogP contribution in [0.1, 0.15) is 38.7 Å². The van der Waals surface area contributed by atoms with E-state index in [-0.39, 0.29) is 41.3 Å². The SMILES string of the molecule is CCCC(C#N)C(CC)Cn1c(O)cc(C)c(N=Nc2ccccc2[N+](=O)[O-])c1=O. The Bertz CT molecular complexity index is 1040. The first-order valence-electron chi connectivity index (χ1n) is 9.82. The molecule has 0 spiro atoms. The summed E-state index contributed by atoms with van der Waals surface area (Å²) < 4.78 is 1.19. The highest BCUT2D eigenvalue weighted by Gasteiger charge is 2.22. The van der Waals surface area contributed by atoms with Crippen LogP contribution < -0.4 is 5.56 Å². The van der Waals surface area contributed by atoms with Crippen molar-refractivity contribution in [2.45, 2.75) is 46.6 Å². The Balaban J connectivity index is 2.46. The summed E-state index contributed by atoms with van der Waals surface area (Å²) >= 11 is 0. The molecule has 2 atom stereocenters. The molecule has 30 heavy (non-hydrogen) atoms. The Kier molecular flexibility index (Phi) is 7.81. The number of hydrogen-bond acceptors (Lipinski definition) is 7. The van der Waals surface area contributed by atoms with Gasteiger partial charge in [-0.15, -0.1) is 10.2 Å². The lowest BCUT2D eigenvalue weighted by Gasteiger charge is -2.22. The van der Waals surface area contributed by atoms with E-state index in [0.717, 1.165) is 6.42 Å². The number of rotatable bonds is 9. The number of nitrogens with zero attached hydrogens (tertiary/aromatic N) is 5. The average Bonchev–Trinajstić information content (AvgIpc) is 2.72. The molecule has 2 aromatic rings. The number of nitriles is 1. The van der Waals surface area contributed by atoms with Crippen molar-refractivity contribution >= 4 is 17.1 Å². The lowest BCUT2D eigenvalue weighted by atomic mass is 9.87. The third-order valence-corrected chi connectivity index (χ3v) is 5.06. The van der Waals surface area contributed by atoms with Crippen molar-refractivity contribution in [1.82, 2.24) is 4.57 Å². The predicted molar refractivity (Wildman–Crippen MR) is 112 cm³/mol. The molecule has 1 N–H and O–H groups in total. The summed E-state index contributed by atoms with van der Waals surface area (Å²) in [5.41, 5.74) is -0.360. The van der Waals surface area contributed by atoms with Gasteiger partial charge in [0.15, 0.2) is 17.3 Å². The van der Waals surface area contributed by atoms with Crippen LogP contribution in [0.15, 0.2) is 45.4 Å². The van der Waals surface area contributed by atoms with Crippen LogP contribution in [-0.4, -0.2) is 14.6 Å². The minimum atomic E-state index is -0.572. The smallest absolute Gasteiger partial charge is 0.296 e. The number of aromatic nitrogens is 1. The molecule has 0 fully saturated rings. The van der Waals surface area contributed by atoms with Gasteiger partial charge in [-0.1, -0.05) is 38.8 Å². The van der Waals surface area contributed by atoms with Gasteiger partial charge in [0.1, 0.15) is 0 Å². The molecule has 0 aliphatic carbocycles. The number of azo groups is 1. The van der Waals surface area contributed by atoms with Crippen LogP contribution in [0.5, 0.6) is 5.88 Å². The van der Waals surface area contributed by atoms with E-state index in [2.05, 4.69) is 16.3 Å². The van der Waals surface area contributed by atoms with Gasteiger partial charge < -0.3 is 5.11 Å². The van der Waals surface area contributed by atoms with Crippen molar-refractivity contribution in [3.8, 4) is 11.9 Å². The van der Waals surface area contributed by atoms with Crippen molar-refractivity contribution < 1.29 is 10.0 Å². The molecule has 0 aliphatic rings. The maximum absolute atomic E-state index is 13.0. The van der Waals surface area contributed by atoms with Crippen LogP contribution in [-0.2, 0) is 6.54 Å². The van der Waals surface area contributed by atoms with Gasteiger partial charge in [0.05, 0.1) is 16.9 Å².